The molecule has 0 saturated heterocycles. The number of hydrogen-bond donors (Lipinski definition) is 0. The lowest BCUT2D eigenvalue weighted by atomic mass is 9.90. The number of aromatic nitrogens is 5. The SMILES string of the molecule is c1ccc(-c2nc(-c3ccccc3)nc(-c3cc(-c4cc(-c5cccc6ncccc56)ccn4)cc(-c4cc5ccccc5c5ccccc45)c3)n2)cc1. The minimum atomic E-state index is 0.590. The first kappa shape index (κ1) is 31.4. The highest BCUT2D eigenvalue weighted by Crippen LogP contribution is 2.39. The molecule has 0 aliphatic rings. The fourth-order valence-electron chi connectivity index (χ4n) is 7.40. The van der Waals surface area contributed by atoms with Crippen molar-refractivity contribution in [3.05, 3.63) is 188 Å². The van der Waals surface area contributed by atoms with Crippen molar-refractivity contribution < 1.29 is 0 Å². The molecule has 0 aliphatic carbocycles. The second-order valence-corrected chi connectivity index (χ2v) is 13.3. The molecule has 54 heavy (non-hydrogen) atoms. The Labute approximate surface area is 312 Å². The Balaban J connectivity index is 1.23. The minimum Gasteiger partial charge on any atom is -0.256 e. The van der Waals surface area contributed by atoms with Gasteiger partial charge in [0.15, 0.2) is 17.5 Å². The van der Waals surface area contributed by atoms with Crippen LogP contribution in [0, 0.1) is 0 Å². The van der Waals surface area contributed by atoms with E-state index in [1.54, 1.807) is 0 Å². The summed E-state index contributed by atoms with van der Waals surface area (Å²) in [5, 5.41) is 5.89. The molecule has 0 fully saturated rings. The third-order valence-corrected chi connectivity index (χ3v) is 9.98. The summed E-state index contributed by atoms with van der Waals surface area (Å²) >= 11 is 0. The van der Waals surface area contributed by atoms with Crippen molar-refractivity contribution >= 4 is 32.4 Å². The molecule has 0 bridgehead atoms. The van der Waals surface area contributed by atoms with Crippen LogP contribution in [0.25, 0.3) is 100 Å². The molecule has 5 heteroatoms. The Kier molecular flexibility index (Phi) is 7.73. The van der Waals surface area contributed by atoms with Crippen molar-refractivity contribution in [3.8, 4) is 67.7 Å². The van der Waals surface area contributed by atoms with Crippen LogP contribution in [0.1, 0.15) is 0 Å². The van der Waals surface area contributed by atoms with E-state index in [1.807, 2.05) is 85.2 Å². The van der Waals surface area contributed by atoms with Gasteiger partial charge < -0.3 is 0 Å². The van der Waals surface area contributed by atoms with Gasteiger partial charge in [-0.2, -0.15) is 0 Å². The predicted octanol–water partition coefficient (Wildman–Crippen LogP) is 12.1. The zero-order valence-corrected chi connectivity index (χ0v) is 29.1. The third-order valence-electron chi connectivity index (χ3n) is 9.98. The molecule has 3 aromatic heterocycles. The molecular weight excluding hydrogens is 659 g/mol. The molecule has 10 rings (SSSR count). The van der Waals surface area contributed by atoms with E-state index in [2.05, 4.69) is 108 Å². The number of hydrogen-bond acceptors (Lipinski definition) is 5. The van der Waals surface area contributed by atoms with Gasteiger partial charge in [0.2, 0.25) is 0 Å². The van der Waals surface area contributed by atoms with E-state index in [0.29, 0.717) is 17.5 Å². The number of nitrogens with zero attached hydrogens (tertiary/aromatic N) is 5. The predicted molar refractivity (Wildman–Crippen MR) is 221 cm³/mol. The first-order valence-electron chi connectivity index (χ1n) is 18.0. The van der Waals surface area contributed by atoms with Gasteiger partial charge in [-0.15, -0.1) is 0 Å². The standard InChI is InChI=1S/C49H31N5/c1-3-13-32(14-4-1)47-52-48(33-15-5-2-6-16-33)54-49(53-47)38-28-36(44-30-34-17-7-8-18-39(34)41-19-9-10-20-42(41)44)27-37(29-38)46-31-35(24-26-51-46)40-21-11-23-45-43(40)22-12-25-50-45/h1-31H. The average molecular weight is 690 g/mol. The van der Waals surface area contributed by atoms with Crippen LogP contribution in [0.3, 0.4) is 0 Å². The minimum absolute atomic E-state index is 0.590. The zero-order chi connectivity index (χ0) is 35.8. The highest BCUT2D eigenvalue weighted by atomic mass is 15.0. The Morgan fingerprint density at radius 2 is 0.907 bits per heavy atom. The van der Waals surface area contributed by atoms with Crippen molar-refractivity contribution in [2.75, 3.05) is 0 Å². The molecule has 0 saturated carbocycles. The van der Waals surface area contributed by atoms with Crippen LogP contribution in [0.15, 0.2) is 188 Å². The number of fused-ring (bicyclic) bond motifs is 4. The lowest BCUT2D eigenvalue weighted by molar-refractivity contribution is 1.07. The van der Waals surface area contributed by atoms with Gasteiger partial charge in [-0.05, 0) is 92.3 Å². The first-order valence-corrected chi connectivity index (χ1v) is 18.0. The highest BCUT2D eigenvalue weighted by Gasteiger charge is 2.17. The van der Waals surface area contributed by atoms with E-state index in [1.165, 1.54) is 21.5 Å². The normalized spacial score (nSPS) is 11.3. The monoisotopic (exact) mass is 689 g/mol. The Morgan fingerprint density at radius 3 is 1.67 bits per heavy atom. The molecule has 7 aromatic carbocycles. The molecule has 0 aliphatic heterocycles. The topological polar surface area (TPSA) is 64.5 Å². The number of pyridine rings is 2. The summed E-state index contributed by atoms with van der Waals surface area (Å²) in [4.78, 5) is 24.8. The Hall–Kier alpha value is -7.37. The fraction of sp³-hybridized carbons (Fsp3) is 0. The van der Waals surface area contributed by atoms with E-state index in [0.717, 1.165) is 61.1 Å². The van der Waals surface area contributed by atoms with Gasteiger partial charge in [-0.1, -0.05) is 127 Å². The maximum Gasteiger partial charge on any atom is 0.164 e. The third kappa shape index (κ3) is 5.74. The maximum absolute atomic E-state index is 5.13. The fourth-order valence-corrected chi connectivity index (χ4v) is 7.40. The van der Waals surface area contributed by atoms with E-state index in [-0.39, 0.29) is 0 Å². The van der Waals surface area contributed by atoms with Crippen LogP contribution < -0.4 is 0 Å². The van der Waals surface area contributed by atoms with Gasteiger partial charge in [0, 0.05) is 40.0 Å². The lowest BCUT2D eigenvalue weighted by Gasteiger charge is -2.15. The summed E-state index contributed by atoms with van der Waals surface area (Å²) in [6.45, 7) is 0. The molecule has 3 heterocycles. The van der Waals surface area contributed by atoms with Crippen LogP contribution >= 0.6 is 0 Å². The van der Waals surface area contributed by atoms with Crippen LogP contribution in [0.2, 0.25) is 0 Å². The smallest absolute Gasteiger partial charge is 0.164 e. The molecule has 0 amide bonds. The molecule has 0 spiro atoms. The molecule has 5 nitrogen and oxygen atoms in total. The van der Waals surface area contributed by atoms with Crippen molar-refractivity contribution in [2.45, 2.75) is 0 Å². The van der Waals surface area contributed by atoms with Crippen LogP contribution in [-0.4, -0.2) is 24.9 Å². The summed E-state index contributed by atoms with van der Waals surface area (Å²) in [5.41, 5.74) is 9.85. The highest BCUT2D eigenvalue weighted by molar-refractivity contribution is 6.14. The van der Waals surface area contributed by atoms with E-state index < -0.39 is 0 Å². The van der Waals surface area contributed by atoms with Gasteiger partial charge in [-0.3, -0.25) is 9.97 Å². The summed E-state index contributed by atoms with van der Waals surface area (Å²) < 4.78 is 0. The van der Waals surface area contributed by atoms with E-state index >= 15 is 0 Å². The van der Waals surface area contributed by atoms with Crippen molar-refractivity contribution in [1.29, 1.82) is 0 Å². The Morgan fingerprint density at radius 1 is 0.296 bits per heavy atom. The van der Waals surface area contributed by atoms with Gasteiger partial charge >= 0.3 is 0 Å². The van der Waals surface area contributed by atoms with Gasteiger partial charge in [-0.25, -0.2) is 15.0 Å². The first-order chi connectivity index (χ1) is 26.7. The molecule has 0 N–H and O–H groups in total. The summed E-state index contributed by atoms with van der Waals surface area (Å²) in [5.74, 6) is 1.83. The van der Waals surface area contributed by atoms with Gasteiger partial charge in [0.25, 0.3) is 0 Å². The summed E-state index contributed by atoms with van der Waals surface area (Å²) in [7, 11) is 0. The lowest BCUT2D eigenvalue weighted by Crippen LogP contribution is -2.00. The van der Waals surface area contributed by atoms with Crippen LogP contribution in [0.5, 0.6) is 0 Å². The quantitative estimate of drug-likeness (QED) is 0.163. The van der Waals surface area contributed by atoms with Crippen molar-refractivity contribution in [2.24, 2.45) is 0 Å². The second-order valence-electron chi connectivity index (χ2n) is 13.3. The molecule has 0 atom stereocenters. The van der Waals surface area contributed by atoms with Crippen molar-refractivity contribution in [3.63, 3.8) is 0 Å². The van der Waals surface area contributed by atoms with Gasteiger partial charge in [0.1, 0.15) is 0 Å². The van der Waals surface area contributed by atoms with Crippen LogP contribution in [0.4, 0.5) is 0 Å². The van der Waals surface area contributed by atoms with E-state index in [4.69, 9.17) is 19.9 Å². The van der Waals surface area contributed by atoms with E-state index in [9.17, 15) is 0 Å². The average Bonchev–Trinajstić information content (AvgIpc) is 3.26. The number of benzene rings is 7. The second kappa shape index (κ2) is 13.3. The summed E-state index contributed by atoms with van der Waals surface area (Å²) in [6, 6.07) is 60.9. The molecule has 10 aromatic rings. The number of rotatable bonds is 6. The zero-order valence-electron chi connectivity index (χ0n) is 29.1. The van der Waals surface area contributed by atoms with Crippen LogP contribution in [-0.2, 0) is 0 Å². The summed E-state index contributed by atoms with van der Waals surface area (Å²) in [6.07, 6.45) is 3.72. The largest absolute Gasteiger partial charge is 0.256 e. The van der Waals surface area contributed by atoms with Crippen molar-refractivity contribution in [1.82, 2.24) is 24.9 Å². The maximum atomic E-state index is 5.13. The van der Waals surface area contributed by atoms with Gasteiger partial charge in [0.05, 0.1) is 11.2 Å². The molecular formula is C49H31N5. The molecule has 0 radical (unpaired) electrons. The molecule has 0 unspecified atom stereocenters. The molecule has 252 valence electrons. The Bertz CT molecular complexity index is 2930.